The van der Waals surface area contributed by atoms with Crippen molar-refractivity contribution in [2.24, 2.45) is 0 Å². The van der Waals surface area contributed by atoms with E-state index in [4.69, 9.17) is 15.1 Å². The summed E-state index contributed by atoms with van der Waals surface area (Å²) in [7, 11) is -2.17. The second kappa shape index (κ2) is 10.1. The van der Waals surface area contributed by atoms with Gasteiger partial charge in [-0.2, -0.15) is 0 Å². The van der Waals surface area contributed by atoms with Gasteiger partial charge in [0.25, 0.3) is 0 Å². The van der Waals surface area contributed by atoms with Gasteiger partial charge in [0.2, 0.25) is 0 Å². The second-order valence-corrected chi connectivity index (χ2v) is 0.346. The molecule has 0 atom stereocenters. The second-order valence-electron chi connectivity index (χ2n) is 0.346. The number of rotatable bonds is 0. The zero-order chi connectivity index (χ0) is 3.58. The summed E-state index contributed by atoms with van der Waals surface area (Å²) >= 11 is 0. The van der Waals surface area contributed by atoms with E-state index in [-0.39, 0.29) is 65.0 Å². The van der Waals surface area contributed by atoms with E-state index < -0.39 is 7.32 Å². The summed E-state index contributed by atoms with van der Waals surface area (Å²) in [6.45, 7) is 0. The van der Waals surface area contributed by atoms with Gasteiger partial charge in [-0.3, -0.25) is 0 Å². The van der Waals surface area contributed by atoms with E-state index in [2.05, 4.69) is 0 Å². The predicted octanol–water partition coefficient (Wildman–Crippen LogP) is -2.59. The van der Waals surface area contributed by atoms with Gasteiger partial charge in [-0.1, -0.05) is 0 Å². The van der Waals surface area contributed by atoms with E-state index in [1.807, 2.05) is 0 Å². The van der Waals surface area contributed by atoms with Gasteiger partial charge in [0.15, 0.2) is 0 Å². The molecule has 0 aliphatic rings. The maximum atomic E-state index is 7.17. The molecule has 33 valence electrons. The first-order valence-corrected chi connectivity index (χ1v) is 0.775. The van der Waals surface area contributed by atoms with E-state index in [1.54, 1.807) is 0 Å². The van der Waals surface area contributed by atoms with E-state index in [0.29, 0.717) is 0 Å². The molecule has 6 heteroatoms. The minimum atomic E-state index is -2.17. The monoisotopic (exact) mass is 225 g/mol. The van der Waals surface area contributed by atoms with E-state index in [0.717, 1.165) is 0 Å². The predicted molar refractivity (Wildman–Crippen MR) is 26.1 cm³/mol. The summed E-state index contributed by atoms with van der Waals surface area (Å²) < 4.78 is 0. The molecular formula is H5BCaO3Sb. The van der Waals surface area contributed by atoms with E-state index in [1.165, 1.54) is 0 Å². The van der Waals surface area contributed by atoms with Crippen molar-refractivity contribution in [3.8, 4) is 0 Å². The maximum absolute atomic E-state index is 7.17. The largest absolute Gasteiger partial charge is 2.00 e. The molecule has 0 aromatic heterocycles. The quantitative estimate of drug-likeness (QED) is 0.397. The molecule has 3 N–H and O–H groups in total. The Bertz CT molecular complexity index is 22.0. The molecule has 0 aromatic carbocycles. The van der Waals surface area contributed by atoms with Crippen molar-refractivity contribution in [2.45, 2.75) is 0 Å². The van der Waals surface area contributed by atoms with Crippen molar-refractivity contribution in [3.05, 3.63) is 0 Å². The molecule has 0 aromatic rings. The van der Waals surface area contributed by atoms with Crippen LogP contribution in [0.2, 0.25) is 0 Å². The summed E-state index contributed by atoms with van der Waals surface area (Å²) in [5.41, 5.74) is 0. The fourth-order valence-corrected chi connectivity index (χ4v) is 0. The van der Waals surface area contributed by atoms with Crippen molar-refractivity contribution in [2.75, 3.05) is 0 Å². The topological polar surface area (TPSA) is 60.7 Å². The summed E-state index contributed by atoms with van der Waals surface area (Å²) in [5, 5.41) is 21.5. The summed E-state index contributed by atoms with van der Waals surface area (Å²) in [4.78, 5) is 0. The molecule has 3 nitrogen and oxygen atoms in total. The molecule has 0 bridgehead atoms. The molecule has 0 rings (SSSR count). The third-order valence-electron chi connectivity index (χ3n) is 0. The van der Waals surface area contributed by atoms with Crippen LogP contribution in [0.3, 0.4) is 0 Å². The van der Waals surface area contributed by atoms with Crippen LogP contribution in [0.5, 0.6) is 0 Å². The molecule has 0 heterocycles. The van der Waals surface area contributed by atoms with Gasteiger partial charge in [0.05, 0.1) is 0 Å². The Hall–Kier alpha value is 2.02. The van der Waals surface area contributed by atoms with Crippen LogP contribution in [0, 0.1) is 0 Å². The summed E-state index contributed by atoms with van der Waals surface area (Å²) in [6, 6.07) is 0. The Labute approximate surface area is 86.3 Å². The molecule has 0 fully saturated rings. The van der Waals surface area contributed by atoms with Crippen LogP contribution in [0.15, 0.2) is 0 Å². The van der Waals surface area contributed by atoms with Gasteiger partial charge in [0.1, 0.15) is 0 Å². The molecule has 0 saturated carbocycles. The first-order chi connectivity index (χ1) is 1.73. The van der Waals surface area contributed by atoms with Crippen molar-refractivity contribution < 1.29 is 17.9 Å². The Kier molecular flexibility index (Phi) is 26.4. The molecule has 3 radical (unpaired) electrons. The van der Waals surface area contributed by atoms with Crippen molar-refractivity contribution in [3.63, 3.8) is 0 Å². The third-order valence-corrected chi connectivity index (χ3v) is 0. The molecular weight excluding hydrogens is 221 g/mol. The molecule has 0 aliphatic carbocycles. The minimum Gasteiger partial charge on any atom is -1.00 e. The van der Waals surface area contributed by atoms with Crippen LogP contribution in [-0.4, -0.2) is 84.6 Å². The van der Waals surface area contributed by atoms with E-state index >= 15 is 0 Å². The summed E-state index contributed by atoms with van der Waals surface area (Å²) in [6.07, 6.45) is 0. The van der Waals surface area contributed by atoms with Crippen molar-refractivity contribution >= 4 is 69.5 Å². The molecule has 0 unspecified atom stereocenters. The van der Waals surface area contributed by atoms with Crippen LogP contribution >= 0.6 is 0 Å². The van der Waals surface area contributed by atoms with Gasteiger partial charge in [0, 0.05) is 24.4 Å². The normalized spacial score (nSPS) is 4.50. The van der Waals surface area contributed by atoms with Gasteiger partial charge < -0.3 is 17.9 Å². The number of hydrogen-bond donors (Lipinski definition) is 3. The Balaban J connectivity index is -0.00000000750. The first kappa shape index (κ1) is 15.7. The van der Waals surface area contributed by atoms with Crippen LogP contribution < -0.4 is 0 Å². The van der Waals surface area contributed by atoms with Crippen LogP contribution in [-0.2, 0) is 0 Å². The van der Waals surface area contributed by atoms with Crippen LogP contribution in [0.25, 0.3) is 0 Å². The SMILES string of the molecule is OB(O)O.[Ca+2].[H-].[H-].[Sb]. The molecule has 0 aliphatic heterocycles. The maximum Gasteiger partial charge on any atom is 2.00 e. The first-order valence-electron chi connectivity index (χ1n) is 0.775. The van der Waals surface area contributed by atoms with Crippen molar-refractivity contribution in [1.29, 1.82) is 0 Å². The van der Waals surface area contributed by atoms with Crippen LogP contribution in [0.4, 0.5) is 0 Å². The molecule has 0 saturated heterocycles. The van der Waals surface area contributed by atoms with Gasteiger partial charge in [-0.15, -0.1) is 0 Å². The Morgan fingerprint density at radius 1 is 1.17 bits per heavy atom. The zero-order valence-corrected chi connectivity index (χ0v) is 7.83. The molecule has 6 heavy (non-hydrogen) atoms. The minimum absolute atomic E-state index is 0. The van der Waals surface area contributed by atoms with Gasteiger partial charge in [-0.25, -0.2) is 0 Å². The van der Waals surface area contributed by atoms with Crippen LogP contribution in [0.1, 0.15) is 2.85 Å². The third kappa shape index (κ3) is 37.1. The summed E-state index contributed by atoms with van der Waals surface area (Å²) in [5.74, 6) is 0. The molecule has 0 amide bonds. The Morgan fingerprint density at radius 2 is 1.17 bits per heavy atom. The fourth-order valence-electron chi connectivity index (χ4n) is 0. The Morgan fingerprint density at radius 3 is 1.17 bits per heavy atom. The molecule has 0 spiro atoms. The van der Waals surface area contributed by atoms with E-state index in [9.17, 15) is 0 Å². The average molecular weight is 226 g/mol. The standard InChI is InChI=1S/BH3O3.Ca.Sb.2H/c2-1(3)4;;;;/h2-4H;;;;/q;+2;;2*-1. The smallest absolute Gasteiger partial charge is 1.00 e. The fraction of sp³-hybridized carbons (Fsp3) is 0. The van der Waals surface area contributed by atoms with Crippen molar-refractivity contribution in [1.82, 2.24) is 0 Å². The van der Waals surface area contributed by atoms with Gasteiger partial charge >= 0.3 is 45.1 Å². The van der Waals surface area contributed by atoms with Gasteiger partial charge in [-0.05, 0) is 0 Å². The zero-order valence-electron chi connectivity index (χ0n) is 5.07. The number of hydrogen-bond acceptors (Lipinski definition) is 3. The average Bonchev–Trinajstić information content (AvgIpc) is 0.811.